The summed E-state index contributed by atoms with van der Waals surface area (Å²) in [6.07, 6.45) is 4.40. The number of hydrogen-bond acceptors (Lipinski definition) is 3. The van der Waals surface area contributed by atoms with Gasteiger partial charge >= 0.3 is 0 Å². The molecule has 0 bridgehead atoms. The van der Waals surface area contributed by atoms with E-state index in [2.05, 4.69) is 5.32 Å². The third kappa shape index (κ3) is 3.52. The van der Waals surface area contributed by atoms with Crippen LogP contribution < -0.4 is 11.1 Å². The molecule has 1 aliphatic rings. The van der Waals surface area contributed by atoms with Crippen molar-refractivity contribution in [3.05, 3.63) is 0 Å². The van der Waals surface area contributed by atoms with E-state index >= 15 is 0 Å². The summed E-state index contributed by atoms with van der Waals surface area (Å²) in [6.45, 7) is 2.49. The molecule has 2 unspecified atom stereocenters. The van der Waals surface area contributed by atoms with Crippen LogP contribution in [0.5, 0.6) is 0 Å². The van der Waals surface area contributed by atoms with E-state index in [0.717, 1.165) is 12.8 Å². The van der Waals surface area contributed by atoms with Gasteiger partial charge in [0.15, 0.2) is 0 Å². The summed E-state index contributed by atoms with van der Waals surface area (Å²) in [4.78, 5) is 0. The van der Waals surface area contributed by atoms with E-state index in [4.69, 9.17) is 10.8 Å². The first kappa shape index (κ1) is 9.96. The molecule has 0 aromatic heterocycles. The number of hydrogen-bond donors (Lipinski definition) is 3. The fourth-order valence-electron chi connectivity index (χ4n) is 1.75. The Kier molecular flexibility index (Phi) is 3.98. The van der Waals surface area contributed by atoms with Gasteiger partial charge < -0.3 is 16.2 Å². The molecule has 0 aromatic carbocycles. The standard InChI is InChI=1S/C9H20N2O/c1-7(12)6-11-9-4-2-3-8(10)5-9/h7-9,11-12H,2-6,10H2,1H3/t7-,8?,9?/m0/s1. The zero-order valence-electron chi connectivity index (χ0n) is 7.79. The quantitative estimate of drug-likeness (QED) is 0.571. The lowest BCUT2D eigenvalue weighted by Crippen LogP contribution is -2.41. The van der Waals surface area contributed by atoms with Crippen LogP contribution in [0.2, 0.25) is 0 Å². The fourth-order valence-corrected chi connectivity index (χ4v) is 1.75. The van der Waals surface area contributed by atoms with Crippen molar-refractivity contribution in [1.29, 1.82) is 0 Å². The lowest BCUT2D eigenvalue weighted by atomic mass is 9.91. The topological polar surface area (TPSA) is 58.3 Å². The number of rotatable bonds is 3. The van der Waals surface area contributed by atoms with Crippen LogP contribution in [0.3, 0.4) is 0 Å². The van der Waals surface area contributed by atoms with E-state index in [1.54, 1.807) is 6.92 Å². The summed E-state index contributed by atoms with van der Waals surface area (Å²) < 4.78 is 0. The Hall–Kier alpha value is -0.120. The molecule has 0 saturated heterocycles. The highest BCUT2D eigenvalue weighted by molar-refractivity contribution is 4.79. The van der Waals surface area contributed by atoms with Gasteiger partial charge in [0.1, 0.15) is 0 Å². The van der Waals surface area contributed by atoms with Crippen molar-refractivity contribution in [3.8, 4) is 0 Å². The molecule has 3 nitrogen and oxygen atoms in total. The number of nitrogens with two attached hydrogens (primary N) is 1. The van der Waals surface area contributed by atoms with Gasteiger partial charge in [-0.2, -0.15) is 0 Å². The molecule has 0 heterocycles. The van der Waals surface area contributed by atoms with Crippen molar-refractivity contribution in [2.24, 2.45) is 5.73 Å². The first-order valence-electron chi connectivity index (χ1n) is 4.85. The maximum Gasteiger partial charge on any atom is 0.0636 e. The molecule has 3 atom stereocenters. The number of aliphatic hydroxyl groups excluding tert-OH is 1. The van der Waals surface area contributed by atoms with Crippen molar-refractivity contribution in [2.45, 2.75) is 50.8 Å². The average molecular weight is 172 g/mol. The highest BCUT2D eigenvalue weighted by Crippen LogP contribution is 2.16. The van der Waals surface area contributed by atoms with Gasteiger partial charge in [-0.1, -0.05) is 6.42 Å². The monoisotopic (exact) mass is 172 g/mol. The van der Waals surface area contributed by atoms with Crippen LogP contribution in [0, 0.1) is 0 Å². The van der Waals surface area contributed by atoms with Crippen LogP contribution in [0.25, 0.3) is 0 Å². The van der Waals surface area contributed by atoms with Crippen LogP contribution in [-0.4, -0.2) is 29.8 Å². The van der Waals surface area contributed by atoms with Gasteiger partial charge in [0, 0.05) is 18.6 Å². The van der Waals surface area contributed by atoms with Crippen LogP contribution >= 0.6 is 0 Å². The smallest absolute Gasteiger partial charge is 0.0636 e. The fraction of sp³-hybridized carbons (Fsp3) is 1.00. The Labute approximate surface area is 74.3 Å². The Balaban J connectivity index is 2.14. The average Bonchev–Trinajstić information content (AvgIpc) is 2.01. The summed E-state index contributed by atoms with van der Waals surface area (Å²) in [5, 5.41) is 12.4. The summed E-state index contributed by atoms with van der Waals surface area (Å²) in [5.41, 5.74) is 5.83. The van der Waals surface area contributed by atoms with Crippen molar-refractivity contribution in [2.75, 3.05) is 6.54 Å². The maximum atomic E-state index is 9.06. The first-order chi connectivity index (χ1) is 5.68. The summed E-state index contributed by atoms with van der Waals surface area (Å²) >= 11 is 0. The second-order valence-corrected chi connectivity index (χ2v) is 3.88. The predicted molar refractivity (Wildman–Crippen MR) is 49.9 cm³/mol. The minimum absolute atomic E-state index is 0.247. The van der Waals surface area contributed by atoms with Gasteiger partial charge in [-0.15, -0.1) is 0 Å². The molecule has 3 heteroatoms. The molecule has 1 aliphatic carbocycles. The van der Waals surface area contributed by atoms with Crippen LogP contribution in [-0.2, 0) is 0 Å². The molecule has 0 aromatic rings. The molecular weight excluding hydrogens is 152 g/mol. The van der Waals surface area contributed by atoms with E-state index in [1.807, 2.05) is 0 Å². The van der Waals surface area contributed by atoms with Gasteiger partial charge in [0.05, 0.1) is 6.10 Å². The highest BCUT2D eigenvalue weighted by Gasteiger charge is 2.18. The Morgan fingerprint density at radius 3 is 2.92 bits per heavy atom. The molecule has 0 radical (unpaired) electrons. The van der Waals surface area contributed by atoms with E-state index < -0.39 is 0 Å². The molecule has 72 valence electrons. The van der Waals surface area contributed by atoms with Gasteiger partial charge in [0.25, 0.3) is 0 Å². The second kappa shape index (κ2) is 4.80. The molecule has 1 saturated carbocycles. The summed E-state index contributed by atoms with van der Waals surface area (Å²) in [6, 6.07) is 0.897. The normalized spacial score (nSPS) is 33.2. The van der Waals surface area contributed by atoms with Crippen molar-refractivity contribution in [3.63, 3.8) is 0 Å². The van der Waals surface area contributed by atoms with Crippen LogP contribution in [0.4, 0.5) is 0 Å². The minimum atomic E-state index is -0.247. The summed E-state index contributed by atoms with van der Waals surface area (Å²) in [5.74, 6) is 0. The lowest BCUT2D eigenvalue weighted by Gasteiger charge is -2.27. The third-order valence-electron chi connectivity index (χ3n) is 2.42. The molecule has 4 N–H and O–H groups in total. The molecule has 12 heavy (non-hydrogen) atoms. The molecule has 1 rings (SSSR count). The predicted octanol–water partition coefficient (Wildman–Crippen LogP) is 0.227. The van der Waals surface area contributed by atoms with Gasteiger partial charge in [0.2, 0.25) is 0 Å². The first-order valence-corrected chi connectivity index (χ1v) is 4.85. The third-order valence-corrected chi connectivity index (χ3v) is 2.42. The van der Waals surface area contributed by atoms with Crippen molar-refractivity contribution >= 4 is 0 Å². The molecule has 0 spiro atoms. The zero-order valence-corrected chi connectivity index (χ0v) is 7.79. The Morgan fingerprint density at radius 1 is 1.58 bits per heavy atom. The molecular formula is C9H20N2O. The lowest BCUT2D eigenvalue weighted by molar-refractivity contribution is 0.180. The molecule has 0 amide bonds. The van der Waals surface area contributed by atoms with Gasteiger partial charge in [-0.25, -0.2) is 0 Å². The van der Waals surface area contributed by atoms with E-state index in [1.165, 1.54) is 12.8 Å². The largest absolute Gasteiger partial charge is 0.392 e. The number of aliphatic hydroxyl groups is 1. The zero-order chi connectivity index (χ0) is 8.97. The van der Waals surface area contributed by atoms with E-state index in [-0.39, 0.29) is 6.10 Å². The second-order valence-electron chi connectivity index (χ2n) is 3.88. The van der Waals surface area contributed by atoms with E-state index in [0.29, 0.717) is 18.6 Å². The Bertz CT molecular complexity index is 128. The van der Waals surface area contributed by atoms with Gasteiger partial charge in [-0.3, -0.25) is 0 Å². The molecule has 1 fully saturated rings. The minimum Gasteiger partial charge on any atom is -0.392 e. The van der Waals surface area contributed by atoms with Crippen molar-refractivity contribution < 1.29 is 5.11 Å². The summed E-state index contributed by atoms with van der Waals surface area (Å²) in [7, 11) is 0. The van der Waals surface area contributed by atoms with Gasteiger partial charge in [-0.05, 0) is 26.2 Å². The number of nitrogens with one attached hydrogen (secondary N) is 1. The van der Waals surface area contributed by atoms with Crippen LogP contribution in [0.15, 0.2) is 0 Å². The van der Waals surface area contributed by atoms with Crippen molar-refractivity contribution in [1.82, 2.24) is 5.32 Å². The van der Waals surface area contributed by atoms with E-state index in [9.17, 15) is 0 Å². The SMILES string of the molecule is C[C@H](O)CNC1CCCC(N)C1. The molecule has 0 aliphatic heterocycles. The maximum absolute atomic E-state index is 9.06. The van der Waals surface area contributed by atoms with Crippen LogP contribution in [0.1, 0.15) is 32.6 Å². The Morgan fingerprint density at radius 2 is 2.33 bits per heavy atom. The highest BCUT2D eigenvalue weighted by atomic mass is 16.3.